The number of aromatic carboxylic acids is 1. The topological polar surface area (TPSA) is 69.6 Å². The molecule has 0 saturated carbocycles. The molecule has 0 spiro atoms. The molecule has 2 rings (SSSR count). The number of nitrogens with one attached hydrogen (secondary N) is 1. The third-order valence-electron chi connectivity index (χ3n) is 2.71. The Labute approximate surface area is 87.6 Å². The molecule has 1 aliphatic rings. The molecule has 0 aliphatic carbocycles. The van der Waals surface area contributed by atoms with E-state index in [0.29, 0.717) is 0 Å². The normalized spacial score (nSPS) is 20.4. The van der Waals surface area contributed by atoms with Gasteiger partial charge >= 0.3 is 5.97 Å². The van der Waals surface area contributed by atoms with Gasteiger partial charge in [-0.3, -0.25) is 0 Å². The van der Waals surface area contributed by atoms with E-state index in [9.17, 15) is 9.90 Å². The fourth-order valence-electron chi connectivity index (χ4n) is 1.91. The number of carboxylic acid groups (broad SMARTS) is 1. The van der Waals surface area contributed by atoms with Crippen LogP contribution in [-0.2, 0) is 0 Å². The molecule has 1 aliphatic heterocycles. The van der Waals surface area contributed by atoms with Crippen molar-refractivity contribution in [2.75, 3.05) is 6.54 Å². The quantitative estimate of drug-likeness (QED) is 0.687. The number of aromatic hydroxyl groups is 1. The van der Waals surface area contributed by atoms with Crippen LogP contribution in [0.4, 0.5) is 0 Å². The molecule has 0 bridgehead atoms. The summed E-state index contributed by atoms with van der Waals surface area (Å²) in [6.45, 7) is 0.966. The zero-order chi connectivity index (χ0) is 10.8. The highest BCUT2D eigenvalue weighted by atomic mass is 16.4. The van der Waals surface area contributed by atoms with Gasteiger partial charge in [-0.25, -0.2) is 4.79 Å². The molecule has 1 saturated heterocycles. The van der Waals surface area contributed by atoms with Gasteiger partial charge in [0.25, 0.3) is 0 Å². The maximum Gasteiger partial charge on any atom is 0.339 e. The van der Waals surface area contributed by atoms with Gasteiger partial charge in [0.15, 0.2) is 0 Å². The SMILES string of the molecule is O=C(O)c1cc([C@H]2CCCN2)ccc1O. The van der Waals surface area contributed by atoms with E-state index in [2.05, 4.69) is 5.32 Å². The van der Waals surface area contributed by atoms with E-state index in [0.717, 1.165) is 24.9 Å². The van der Waals surface area contributed by atoms with E-state index >= 15 is 0 Å². The predicted molar refractivity (Wildman–Crippen MR) is 55.0 cm³/mol. The Kier molecular flexibility index (Phi) is 2.60. The zero-order valence-corrected chi connectivity index (χ0v) is 8.23. The Hall–Kier alpha value is -1.55. The van der Waals surface area contributed by atoms with E-state index in [4.69, 9.17) is 5.11 Å². The summed E-state index contributed by atoms with van der Waals surface area (Å²) in [6.07, 6.45) is 2.12. The summed E-state index contributed by atoms with van der Waals surface area (Å²) in [4.78, 5) is 10.8. The lowest BCUT2D eigenvalue weighted by molar-refractivity contribution is 0.0693. The van der Waals surface area contributed by atoms with Gasteiger partial charge in [0.1, 0.15) is 11.3 Å². The maximum absolute atomic E-state index is 10.8. The Morgan fingerprint density at radius 2 is 2.27 bits per heavy atom. The fourth-order valence-corrected chi connectivity index (χ4v) is 1.91. The number of carbonyl (C=O) groups is 1. The minimum absolute atomic E-state index is 0.0267. The largest absolute Gasteiger partial charge is 0.507 e. The molecular weight excluding hydrogens is 194 g/mol. The molecule has 4 heteroatoms. The minimum atomic E-state index is -1.09. The molecule has 1 aromatic rings. The monoisotopic (exact) mass is 207 g/mol. The summed E-state index contributed by atoms with van der Waals surface area (Å²) in [5, 5.41) is 21.5. The van der Waals surface area contributed by atoms with Crippen molar-refractivity contribution in [2.24, 2.45) is 0 Å². The first-order chi connectivity index (χ1) is 7.18. The number of benzene rings is 1. The zero-order valence-electron chi connectivity index (χ0n) is 8.23. The molecular formula is C11H13NO3. The molecule has 0 unspecified atom stereocenters. The van der Waals surface area contributed by atoms with Crippen LogP contribution in [-0.4, -0.2) is 22.7 Å². The minimum Gasteiger partial charge on any atom is -0.507 e. The van der Waals surface area contributed by atoms with Crippen molar-refractivity contribution in [3.63, 3.8) is 0 Å². The second-order valence-electron chi connectivity index (χ2n) is 3.73. The molecule has 80 valence electrons. The lowest BCUT2D eigenvalue weighted by Gasteiger charge is -2.11. The number of rotatable bonds is 2. The van der Waals surface area contributed by atoms with E-state index in [1.807, 2.05) is 0 Å². The van der Waals surface area contributed by atoms with Crippen LogP contribution >= 0.6 is 0 Å². The van der Waals surface area contributed by atoms with Crippen LogP contribution in [0.2, 0.25) is 0 Å². The Balaban J connectivity index is 2.33. The molecule has 15 heavy (non-hydrogen) atoms. The molecule has 1 fully saturated rings. The molecule has 3 N–H and O–H groups in total. The van der Waals surface area contributed by atoms with E-state index in [1.54, 1.807) is 12.1 Å². The van der Waals surface area contributed by atoms with Crippen molar-refractivity contribution in [1.29, 1.82) is 0 Å². The van der Waals surface area contributed by atoms with E-state index in [-0.39, 0.29) is 17.4 Å². The van der Waals surface area contributed by atoms with Crippen molar-refractivity contribution < 1.29 is 15.0 Å². The Morgan fingerprint density at radius 3 is 2.87 bits per heavy atom. The van der Waals surface area contributed by atoms with Crippen LogP contribution in [0.1, 0.15) is 34.8 Å². The molecule has 1 atom stereocenters. The second-order valence-corrected chi connectivity index (χ2v) is 3.73. The van der Waals surface area contributed by atoms with Gasteiger partial charge in [0.2, 0.25) is 0 Å². The smallest absolute Gasteiger partial charge is 0.339 e. The van der Waals surface area contributed by atoms with Gasteiger partial charge in [-0.2, -0.15) is 0 Å². The highest BCUT2D eigenvalue weighted by Gasteiger charge is 2.18. The number of carboxylic acids is 1. The summed E-state index contributed by atoms with van der Waals surface area (Å²) in [5.74, 6) is -1.27. The average Bonchev–Trinajstić information content (AvgIpc) is 2.71. The first-order valence-corrected chi connectivity index (χ1v) is 4.98. The van der Waals surface area contributed by atoms with Gasteiger partial charge in [-0.15, -0.1) is 0 Å². The first-order valence-electron chi connectivity index (χ1n) is 4.98. The number of hydrogen-bond acceptors (Lipinski definition) is 3. The molecule has 0 aromatic heterocycles. The van der Waals surface area contributed by atoms with Crippen LogP contribution in [0.5, 0.6) is 5.75 Å². The molecule has 1 heterocycles. The van der Waals surface area contributed by atoms with Crippen LogP contribution in [0.25, 0.3) is 0 Å². The average molecular weight is 207 g/mol. The van der Waals surface area contributed by atoms with Crippen LogP contribution < -0.4 is 5.32 Å². The van der Waals surface area contributed by atoms with Crippen molar-refractivity contribution in [2.45, 2.75) is 18.9 Å². The highest BCUT2D eigenvalue weighted by Crippen LogP contribution is 2.27. The number of phenols is 1. The van der Waals surface area contributed by atoms with Crippen molar-refractivity contribution >= 4 is 5.97 Å². The second kappa shape index (κ2) is 3.90. The van der Waals surface area contributed by atoms with Gasteiger partial charge < -0.3 is 15.5 Å². The lowest BCUT2D eigenvalue weighted by atomic mass is 10.0. The lowest BCUT2D eigenvalue weighted by Crippen LogP contribution is -2.13. The van der Waals surface area contributed by atoms with Crippen molar-refractivity contribution in [3.8, 4) is 5.75 Å². The molecule has 1 aromatic carbocycles. The Morgan fingerprint density at radius 1 is 1.47 bits per heavy atom. The third kappa shape index (κ3) is 1.94. The van der Waals surface area contributed by atoms with E-state index < -0.39 is 5.97 Å². The van der Waals surface area contributed by atoms with Crippen molar-refractivity contribution in [3.05, 3.63) is 29.3 Å². The summed E-state index contributed by atoms with van der Waals surface area (Å²) in [5.41, 5.74) is 0.906. The Bertz CT molecular complexity index is 383. The van der Waals surface area contributed by atoms with E-state index in [1.165, 1.54) is 6.07 Å². The molecule has 4 nitrogen and oxygen atoms in total. The summed E-state index contributed by atoms with van der Waals surface area (Å²) >= 11 is 0. The van der Waals surface area contributed by atoms with Crippen molar-refractivity contribution in [1.82, 2.24) is 5.32 Å². The third-order valence-corrected chi connectivity index (χ3v) is 2.71. The predicted octanol–water partition coefficient (Wildman–Crippen LogP) is 1.51. The summed E-state index contributed by atoms with van der Waals surface area (Å²) in [7, 11) is 0. The van der Waals surface area contributed by atoms with Gasteiger partial charge in [0.05, 0.1) is 0 Å². The van der Waals surface area contributed by atoms with Crippen LogP contribution in [0, 0.1) is 0 Å². The van der Waals surface area contributed by atoms with Gasteiger partial charge in [0, 0.05) is 6.04 Å². The standard InChI is InChI=1S/C11H13NO3/c13-10-4-3-7(6-8(10)11(14)15)9-2-1-5-12-9/h3-4,6,9,12-13H,1-2,5H2,(H,14,15)/t9-/m1/s1. The van der Waals surface area contributed by atoms with Crippen LogP contribution in [0.3, 0.4) is 0 Å². The molecule has 0 amide bonds. The maximum atomic E-state index is 10.8. The summed E-state index contributed by atoms with van der Waals surface area (Å²) in [6, 6.07) is 4.98. The molecule has 0 radical (unpaired) electrons. The van der Waals surface area contributed by atoms with Gasteiger partial charge in [-0.05, 0) is 37.1 Å². The summed E-state index contributed by atoms with van der Waals surface area (Å²) < 4.78 is 0. The van der Waals surface area contributed by atoms with Crippen LogP contribution in [0.15, 0.2) is 18.2 Å². The van der Waals surface area contributed by atoms with Gasteiger partial charge in [-0.1, -0.05) is 6.07 Å². The highest BCUT2D eigenvalue weighted by molar-refractivity contribution is 5.90. The fraction of sp³-hybridized carbons (Fsp3) is 0.364. The number of hydrogen-bond donors (Lipinski definition) is 3. The first kappa shape index (κ1) is 9.98.